The van der Waals surface area contributed by atoms with Gasteiger partial charge >= 0.3 is 0 Å². The Morgan fingerprint density at radius 2 is 1.83 bits per heavy atom. The maximum atomic E-state index is 13.8. The van der Waals surface area contributed by atoms with Crippen LogP contribution >= 0.6 is 0 Å². The van der Waals surface area contributed by atoms with E-state index in [1.807, 2.05) is 36.4 Å². The molecule has 0 aliphatic heterocycles. The molecule has 0 fully saturated rings. The lowest BCUT2D eigenvalue weighted by Crippen LogP contribution is -2.13. The SMILES string of the molecule is COc1cc(C)c(F)cc1NC(=O)c1cccc2ccccc12. The monoisotopic (exact) mass is 309 g/mol. The van der Waals surface area contributed by atoms with Gasteiger partial charge < -0.3 is 10.1 Å². The molecule has 3 aromatic rings. The highest BCUT2D eigenvalue weighted by Crippen LogP contribution is 2.28. The Morgan fingerprint density at radius 1 is 1.09 bits per heavy atom. The van der Waals surface area contributed by atoms with E-state index < -0.39 is 0 Å². The number of ether oxygens (including phenoxy) is 1. The molecule has 1 N–H and O–H groups in total. The van der Waals surface area contributed by atoms with Gasteiger partial charge in [-0.1, -0.05) is 36.4 Å². The summed E-state index contributed by atoms with van der Waals surface area (Å²) in [5.74, 6) is -0.264. The van der Waals surface area contributed by atoms with Gasteiger partial charge in [0.25, 0.3) is 5.91 Å². The van der Waals surface area contributed by atoms with Gasteiger partial charge in [0.05, 0.1) is 12.8 Å². The molecule has 0 unspecified atom stereocenters. The Balaban J connectivity index is 2.00. The van der Waals surface area contributed by atoms with E-state index >= 15 is 0 Å². The summed E-state index contributed by atoms with van der Waals surface area (Å²) in [6.45, 7) is 1.65. The van der Waals surface area contributed by atoms with Crippen LogP contribution in [0.5, 0.6) is 5.75 Å². The van der Waals surface area contributed by atoms with E-state index in [4.69, 9.17) is 4.74 Å². The number of hydrogen-bond acceptors (Lipinski definition) is 2. The zero-order valence-corrected chi connectivity index (χ0v) is 12.9. The van der Waals surface area contributed by atoms with Crippen molar-refractivity contribution in [1.29, 1.82) is 0 Å². The number of anilines is 1. The van der Waals surface area contributed by atoms with E-state index in [0.717, 1.165) is 10.8 Å². The van der Waals surface area contributed by atoms with Gasteiger partial charge in [-0.05, 0) is 35.4 Å². The minimum atomic E-state index is -0.390. The number of rotatable bonds is 3. The number of aryl methyl sites for hydroxylation is 1. The first-order valence-electron chi connectivity index (χ1n) is 7.23. The molecule has 0 saturated carbocycles. The average molecular weight is 309 g/mol. The van der Waals surface area contributed by atoms with Crippen molar-refractivity contribution in [2.45, 2.75) is 6.92 Å². The molecule has 116 valence electrons. The number of halogens is 1. The van der Waals surface area contributed by atoms with Crippen LogP contribution < -0.4 is 10.1 Å². The number of hydrogen-bond donors (Lipinski definition) is 1. The zero-order valence-electron chi connectivity index (χ0n) is 12.9. The number of benzene rings is 3. The number of nitrogens with one attached hydrogen (secondary N) is 1. The molecule has 0 atom stereocenters. The van der Waals surface area contributed by atoms with Crippen molar-refractivity contribution in [1.82, 2.24) is 0 Å². The standard InChI is InChI=1S/C19H16FNO2/c1-12-10-18(23-2)17(11-16(12)20)21-19(22)15-9-5-7-13-6-3-4-8-14(13)15/h3-11H,1-2H3,(H,21,22). The molecule has 3 aromatic carbocycles. The summed E-state index contributed by atoms with van der Waals surface area (Å²) < 4.78 is 19.0. The molecule has 0 spiro atoms. The molecule has 0 bridgehead atoms. The first-order chi connectivity index (χ1) is 11.1. The van der Waals surface area contributed by atoms with Crippen LogP contribution in [0.3, 0.4) is 0 Å². The van der Waals surface area contributed by atoms with Gasteiger partial charge in [-0.2, -0.15) is 0 Å². The van der Waals surface area contributed by atoms with Gasteiger partial charge in [-0.15, -0.1) is 0 Å². The third-order valence-electron chi connectivity index (χ3n) is 3.76. The van der Waals surface area contributed by atoms with Crippen LogP contribution in [0, 0.1) is 12.7 Å². The molecule has 0 aromatic heterocycles. The van der Waals surface area contributed by atoms with Crippen molar-refractivity contribution in [3.05, 3.63) is 71.5 Å². The third kappa shape index (κ3) is 2.88. The Bertz CT molecular complexity index is 884. The fraction of sp³-hybridized carbons (Fsp3) is 0.105. The number of amides is 1. The largest absolute Gasteiger partial charge is 0.495 e. The predicted molar refractivity (Wildman–Crippen MR) is 89.6 cm³/mol. The van der Waals surface area contributed by atoms with E-state index in [9.17, 15) is 9.18 Å². The summed E-state index contributed by atoms with van der Waals surface area (Å²) in [4.78, 5) is 12.6. The van der Waals surface area contributed by atoms with Crippen molar-refractivity contribution < 1.29 is 13.9 Å². The highest BCUT2D eigenvalue weighted by molar-refractivity contribution is 6.13. The topological polar surface area (TPSA) is 38.3 Å². The fourth-order valence-electron chi connectivity index (χ4n) is 2.53. The highest BCUT2D eigenvalue weighted by Gasteiger charge is 2.14. The molecule has 3 nitrogen and oxygen atoms in total. The average Bonchev–Trinajstić information content (AvgIpc) is 2.57. The summed E-state index contributed by atoms with van der Waals surface area (Å²) in [5.41, 5.74) is 1.31. The molecule has 1 amide bonds. The van der Waals surface area contributed by atoms with Crippen LogP contribution in [0.2, 0.25) is 0 Å². The van der Waals surface area contributed by atoms with E-state index in [2.05, 4.69) is 5.32 Å². The molecular weight excluding hydrogens is 293 g/mol. The summed E-state index contributed by atoms with van der Waals surface area (Å²) in [5, 5.41) is 4.55. The van der Waals surface area contributed by atoms with E-state index in [-0.39, 0.29) is 11.7 Å². The second-order valence-corrected chi connectivity index (χ2v) is 5.28. The Morgan fingerprint density at radius 3 is 2.61 bits per heavy atom. The van der Waals surface area contributed by atoms with E-state index in [0.29, 0.717) is 22.6 Å². The van der Waals surface area contributed by atoms with Gasteiger partial charge in [0.1, 0.15) is 11.6 Å². The molecule has 0 saturated heterocycles. The van der Waals surface area contributed by atoms with Gasteiger partial charge in [0, 0.05) is 11.6 Å². The molecule has 23 heavy (non-hydrogen) atoms. The zero-order chi connectivity index (χ0) is 16.4. The molecular formula is C19H16FNO2. The van der Waals surface area contributed by atoms with Gasteiger partial charge in [-0.3, -0.25) is 4.79 Å². The number of carbonyl (C=O) groups excluding carboxylic acids is 1. The lowest BCUT2D eigenvalue weighted by atomic mass is 10.0. The third-order valence-corrected chi connectivity index (χ3v) is 3.76. The van der Waals surface area contributed by atoms with Gasteiger partial charge in [0.15, 0.2) is 0 Å². The summed E-state index contributed by atoms with van der Waals surface area (Å²) >= 11 is 0. The lowest BCUT2D eigenvalue weighted by molar-refractivity contribution is 0.102. The number of methoxy groups -OCH3 is 1. The maximum absolute atomic E-state index is 13.8. The van der Waals surface area contributed by atoms with Gasteiger partial charge in [0.2, 0.25) is 0 Å². The molecule has 0 radical (unpaired) electrons. The van der Waals surface area contributed by atoms with Crippen molar-refractivity contribution in [3.8, 4) is 5.75 Å². The van der Waals surface area contributed by atoms with Crippen molar-refractivity contribution in [2.75, 3.05) is 12.4 Å². The van der Waals surface area contributed by atoms with E-state index in [1.165, 1.54) is 13.2 Å². The summed E-state index contributed by atoms with van der Waals surface area (Å²) in [6, 6.07) is 16.0. The first kappa shape index (κ1) is 15.0. The Labute approximate surface area is 133 Å². The molecule has 0 heterocycles. The Kier molecular flexibility index (Phi) is 3.98. The van der Waals surface area contributed by atoms with Gasteiger partial charge in [-0.25, -0.2) is 4.39 Å². The van der Waals surface area contributed by atoms with Crippen LogP contribution in [0.4, 0.5) is 10.1 Å². The van der Waals surface area contributed by atoms with Crippen molar-refractivity contribution in [2.24, 2.45) is 0 Å². The first-order valence-corrected chi connectivity index (χ1v) is 7.23. The predicted octanol–water partition coefficient (Wildman–Crippen LogP) is 4.55. The maximum Gasteiger partial charge on any atom is 0.256 e. The normalized spacial score (nSPS) is 10.6. The second kappa shape index (κ2) is 6.08. The summed E-state index contributed by atoms with van der Waals surface area (Å²) in [6.07, 6.45) is 0. The second-order valence-electron chi connectivity index (χ2n) is 5.28. The van der Waals surface area contributed by atoms with Crippen LogP contribution in [0.25, 0.3) is 10.8 Å². The van der Waals surface area contributed by atoms with Crippen molar-refractivity contribution >= 4 is 22.4 Å². The summed E-state index contributed by atoms with van der Waals surface area (Å²) in [7, 11) is 1.49. The minimum absolute atomic E-state index is 0.302. The molecule has 4 heteroatoms. The van der Waals surface area contributed by atoms with Crippen molar-refractivity contribution in [3.63, 3.8) is 0 Å². The van der Waals surface area contributed by atoms with Crippen LogP contribution in [-0.4, -0.2) is 13.0 Å². The number of carbonyl (C=O) groups is 1. The Hall–Kier alpha value is -2.88. The van der Waals surface area contributed by atoms with Crippen LogP contribution in [-0.2, 0) is 0 Å². The quantitative estimate of drug-likeness (QED) is 0.771. The fourth-order valence-corrected chi connectivity index (χ4v) is 2.53. The highest BCUT2D eigenvalue weighted by atomic mass is 19.1. The smallest absolute Gasteiger partial charge is 0.256 e. The number of fused-ring (bicyclic) bond motifs is 1. The molecule has 0 aliphatic carbocycles. The lowest BCUT2D eigenvalue weighted by Gasteiger charge is -2.12. The molecule has 0 aliphatic rings. The van der Waals surface area contributed by atoms with E-state index in [1.54, 1.807) is 19.1 Å². The van der Waals surface area contributed by atoms with Crippen LogP contribution in [0.15, 0.2) is 54.6 Å². The minimum Gasteiger partial charge on any atom is -0.495 e. The van der Waals surface area contributed by atoms with Crippen LogP contribution in [0.1, 0.15) is 15.9 Å². The molecule has 3 rings (SSSR count).